The quantitative estimate of drug-likeness (QED) is 0.866. The Morgan fingerprint density at radius 3 is 2.37 bits per heavy atom. The largest absolute Gasteiger partial charge is 0.494 e. The predicted molar refractivity (Wildman–Crippen MR) is 72.9 cm³/mol. The Morgan fingerprint density at radius 2 is 1.95 bits per heavy atom. The normalized spacial score (nSPS) is 12.3. The van der Waals surface area contributed by atoms with Crippen molar-refractivity contribution in [3.8, 4) is 5.75 Å². The SMILES string of the molecule is COC(=O)C(C)(C)[C@H](N)c1ccc(OC)c(F)c1.Cl. The Labute approximate surface area is 118 Å². The first-order chi connectivity index (χ1) is 8.34. The molecule has 0 bridgehead atoms. The van der Waals surface area contributed by atoms with Gasteiger partial charge in [0.05, 0.1) is 19.6 Å². The van der Waals surface area contributed by atoms with E-state index in [2.05, 4.69) is 0 Å². The molecule has 0 unspecified atom stereocenters. The Hall–Kier alpha value is -1.33. The molecule has 6 heteroatoms. The second-order valence-electron chi connectivity index (χ2n) is 4.58. The zero-order valence-electron chi connectivity index (χ0n) is 11.4. The summed E-state index contributed by atoms with van der Waals surface area (Å²) >= 11 is 0. The van der Waals surface area contributed by atoms with Crippen LogP contribution in [0.1, 0.15) is 25.5 Å². The van der Waals surface area contributed by atoms with E-state index < -0.39 is 23.2 Å². The first-order valence-electron chi connectivity index (χ1n) is 5.52. The lowest BCUT2D eigenvalue weighted by atomic mass is 9.81. The highest BCUT2D eigenvalue weighted by Gasteiger charge is 2.36. The van der Waals surface area contributed by atoms with Crippen molar-refractivity contribution >= 4 is 18.4 Å². The molecule has 1 atom stereocenters. The third-order valence-corrected chi connectivity index (χ3v) is 3.02. The molecule has 0 heterocycles. The van der Waals surface area contributed by atoms with Crippen molar-refractivity contribution in [3.63, 3.8) is 0 Å². The van der Waals surface area contributed by atoms with Crippen LogP contribution in [0.4, 0.5) is 4.39 Å². The molecule has 0 saturated heterocycles. The highest BCUT2D eigenvalue weighted by atomic mass is 35.5. The van der Waals surface area contributed by atoms with Crippen LogP contribution in [0.3, 0.4) is 0 Å². The summed E-state index contributed by atoms with van der Waals surface area (Å²) in [5, 5.41) is 0. The lowest BCUT2D eigenvalue weighted by molar-refractivity contribution is -0.152. The van der Waals surface area contributed by atoms with Crippen molar-refractivity contribution in [2.45, 2.75) is 19.9 Å². The third kappa shape index (κ3) is 3.58. The van der Waals surface area contributed by atoms with Crippen LogP contribution in [0.2, 0.25) is 0 Å². The first kappa shape index (κ1) is 17.7. The summed E-state index contributed by atoms with van der Waals surface area (Å²) in [6.45, 7) is 3.32. The van der Waals surface area contributed by atoms with Gasteiger partial charge < -0.3 is 15.2 Å². The molecule has 0 saturated carbocycles. The molecule has 108 valence electrons. The smallest absolute Gasteiger partial charge is 0.313 e. The summed E-state index contributed by atoms with van der Waals surface area (Å²) < 4.78 is 23.1. The van der Waals surface area contributed by atoms with Crippen LogP contribution in [-0.4, -0.2) is 20.2 Å². The number of esters is 1. The average Bonchev–Trinajstić information content (AvgIpc) is 2.36. The van der Waals surface area contributed by atoms with Gasteiger partial charge in [0.1, 0.15) is 0 Å². The number of hydrogen-bond acceptors (Lipinski definition) is 4. The lowest BCUT2D eigenvalue weighted by Gasteiger charge is -2.29. The van der Waals surface area contributed by atoms with Crippen LogP contribution in [0.15, 0.2) is 18.2 Å². The van der Waals surface area contributed by atoms with Crippen LogP contribution < -0.4 is 10.5 Å². The minimum absolute atomic E-state index is 0. The highest BCUT2D eigenvalue weighted by Crippen LogP contribution is 2.33. The molecular weight excluding hydrogens is 273 g/mol. The molecule has 4 nitrogen and oxygen atoms in total. The Balaban J connectivity index is 0.00000324. The van der Waals surface area contributed by atoms with Crippen molar-refractivity contribution in [1.82, 2.24) is 0 Å². The van der Waals surface area contributed by atoms with Crippen LogP contribution >= 0.6 is 12.4 Å². The van der Waals surface area contributed by atoms with Gasteiger partial charge in [0, 0.05) is 6.04 Å². The number of methoxy groups -OCH3 is 2. The Kier molecular flexibility index (Phi) is 6.25. The number of hydrogen-bond donors (Lipinski definition) is 1. The van der Waals surface area contributed by atoms with E-state index in [0.29, 0.717) is 5.56 Å². The van der Waals surface area contributed by atoms with E-state index in [-0.39, 0.29) is 18.2 Å². The van der Waals surface area contributed by atoms with Crippen molar-refractivity contribution < 1.29 is 18.7 Å². The van der Waals surface area contributed by atoms with Gasteiger partial charge in [0.25, 0.3) is 0 Å². The van der Waals surface area contributed by atoms with Gasteiger partial charge in [0.15, 0.2) is 11.6 Å². The van der Waals surface area contributed by atoms with Gasteiger partial charge in [0.2, 0.25) is 0 Å². The zero-order chi connectivity index (χ0) is 13.9. The van der Waals surface area contributed by atoms with Crippen LogP contribution in [0.5, 0.6) is 5.75 Å². The molecule has 1 aromatic carbocycles. The second kappa shape index (κ2) is 6.73. The Morgan fingerprint density at radius 1 is 1.37 bits per heavy atom. The molecule has 2 N–H and O–H groups in total. The second-order valence-corrected chi connectivity index (χ2v) is 4.58. The van der Waals surface area contributed by atoms with Gasteiger partial charge in [-0.2, -0.15) is 0 Å². The summed E-state index contributed by atoms with van der Waals surface area (Å²) in [6.07, 6.45) is 0. The summed E-state index contributed by atoms with van der Waals surface area (Å²) in [7, 11) is 2.68. The number of ether oxygens (including phenoxy) is 2. The van der Waals surface area contributed by atoms with Crippen molar-refractivity contribution in [1.29, 1.82) is 0 Å². The first-order valence-corrected chi connectivity index (χ1v) is 5.52. The maximum absolute atomic E-state index is 13.6. The molecule has 0 amide bonds. The molecule has 19 heavy (non-hydrogen) atoms. The van der Waals surface area contributed by atoms with Gasteiger partial charge >= 0.3 is 5.97 Å². The van der Waals surface area contributed by atoms with E-state index in [4.69, 9.17) is 15.2 Å². The predicted octanol–water partition coefficient (Wildman–Crippen LogP) is 2.46. The van der Waals surface area contributed by atoms with Gasteiger partial charge in [-0.25, -0.2) is 4.39 Å². The number of benzene rings is 1. The van der Waals surface area contributed by atoms with E-state index in [1.165, 1.54) is 26.4 Å². The molecule has 0 fully saturated rings. The summed E-state index contributed by atoms with van der Waals surface area (Å²) in [5.41, 5.74) is 5.58. The molecule has 0 aromatic heterocycles. The highest BCUT2D eigenvalue weighted by molar-refractivity contribution is 5.85. The molecular formula is C13H19ClFNO3. The van der Waals surface area contributed by atoms with Gasteiger partial charge in [-0.15, -0.1) is 12.4 Å². The fourth-order valence-corrected chi connectivity index (χ4v) is 1.68. The number of rotatable bonds is 4. The van der Waals surface area contributed by atoms with Gasteiger partial charge in [-0.05, 0) is 31.5 Å². The van der Waals surface area contributed by atoms with E-state index >= 15 is 0 Å². The monoisotopic (exact) mass is 291 g/mol. The summed E-state index contributed by atoms with van der Waals surface area (Å²) in [4.78, 5) is 11.6. The molecule has 1 rings (SSSR count). The standard InChI is InChI=1S/C13H18FNO3.ClH/c1-13(2,12(16)18-4)11(15)8-5-6-10(17-3)9(14)7-8;/h5-7,11H,15H2,1-4H3;1H/t11-;/m1./s1. The van der Waals surface area contributed by atoms with E-state index in [1.54, 1.807) is 19.9 Å². The topological polar surface area (TPSA) is 61.5 Å². The summed E-state index contributed by atoms with van der Waals surface area (Å²) in [6, 6.07) is 3.73. The average molecular weight is 292 g/mol. The molecule has 1 aromatic rings. The van der Waals surface area contributed by atoms with Crippen molar-refractivity contribution in [2.75, 3.05) is 14.2 Å². The third-order valence-electron chi connectivity index (χ3n) is 3.02. The van der Waals surface area contributed by atoms with E-state index in [9.17, 15) is 9.18 Å². The minimum atomic E-state index is -0.935. The van der Waals surface area contributed by atoms with Crippen LogP contribution in [0, 0.1) is 11.2 Å². The minimum Gasteiger partial charge on any atom is -0.494 e. The van der Waals surface area contributed by atoms with Crippen LogP contribution in [-0.2, 0) is 9.53 Å². The number of nitrogens with two attached hydrogens (primary N) is 1. The fourth-order valence-electron chi connectivity index (χ4n) is 1.68. The van der Waals surface area contributed by atoms with Gasteiger partial charge in [-0.1, -0.05) is 6.07 Å². The van der Waals surface area contributed by atoms with E-state index in [0.717, 1.165) is 0 Å². The van der Waals surface area contributed by atoms with Crippen molar-refractivity contribution in [2.24, 2.45) is 11.1 Å². The van der Waals surface area contributed by atoms with Crippen molar-refractivity contribution in [3.05, 3.63) is 29.6 Å². The number of carbonyl (C=O) groups is 1. The maximum Gasteiger partial charge on any atom is 0.313 e. The molecule has 0 aliphatic rings. The summed E-state index contributed by atoms with van der Waals surface area (Å²) in [5.74, 6) is -0.806. The molecule has 0 radical (unpaired) electrons. The number of halogens is 2. The maximum atomic E-state index is 13.6. The fraction of sp³-hybridized carbons (Fsp3) is 0.462. The lowest BCUT2D eigenvalue weighted by Crippen LogP contribution is -2.37. The molecule has 0 spiro atoms. The molecule has 0 aliphatic heterocycles. The Bertz CT molecular complexity index is 452. The van der Waals surface area contributed by atoms with Crippen LogP contribution in [0.25, 0.3) is 0 Å². The van der Waals surface area contributed by atoms with E-state index in [1.807, 2.05) is 0 Å². The van der Waals surface area contributed by atoms with Gasteiger partial charge in [-0.3, -0.25) is 4.79 Å². The molecule has 0 aliphatic carbocycles. The zero-order valence-corrected chi connectivity index (χ0v) is 12.2. The number of carbonyl (C=O) groups excluding carboxylic acids is 1.